The van der Waals surface area contributed by atoms with E-state index in [1.165, 1.54) is 34.1 Å². The number of aryl methyl sites for hydroxylation is 1. The topological polar surface area (TPSA) is 120 Å². The second-order valence-electron chi connectivity index (χ2n) is 7.86. The molecule has 3 heterocycles. The van der Waals surface area contributed by atoms with Crippen molar-refractivity contribution < 1.29 is 14.5 Å². The number of nitro groups is 1. The van der Waals surface area contributed by atoms with E-state index in [1.807, 2.05) is 11.8 Å². The lowest BCUT2D eigenvalue weighted by molar-refractivity contribution is -0.384. The van der Waals surface area contributed by atoms with Crippen LogP contribution in [0.15, 0.2) is 29.1 Å². The van der Waals surface area contributed by atoms with Crippen LogP contribution in [0.1, 0.15) is 47.7 Å². The van der Waals surface area contributed by atoms with Gasteiger partial charge in [0, 0.05) is 25.2 Å². The molecule has 1 aliphatic rings. The van der Waals surface area contributed by atoms with Gasteiger partial charge in [-0.25, -0.2) is 9.78 Å². The second kappa shape index (κ2) is 9.03. The minimum Gasteiger partial charge on any atom is -0.456 e. The van der Waals surface area contributed by atoms with Crippen LogP contribution in [0.25, 0.3) is 4.96 Å². The van der Waals surface area contributed by atoms with E-state index in [1.54, 1.807) is 6.07 Å². The van der Waals surface area contributed by atoms with E-state index in [9.17, 15) is 19.7 Å². The van der Waals surface area contributed by atoms with Gasteiger partial charge in [0.25, 0.3) is 11.2 Å². The maximum atomic E-state index is 12.6. The Balaban J connectivity index is 1.52. The number of carbonyl (C=O) groups excluding carboxylic acids is 1. The Labute approximate surface area is 187 Å². The highest BCUT2D eigenvalue weighted by atomic mass is 32.1. The van der Waals surface area contributed by atoms with Crippen LogP contribution in [0, 0.1) is 16.0 Å². The summed E-state index contributed by atoms with van der Waals surface area (Å²) in [5.41, 5.74) is 0.406. The van der Waals surface area contributed by atoms with Gasteiger partial charge in [-0.1, -0.05) is 25.2 Å². The van der Waals surface area contributed by atoms with Gasteiger partial charge in [-0.2, -0.15) is 9.61 Å². The molecule has 0 saturated carbocycles. The van der Waals surface area contributed by atoms with E-state index < -0.39 is 10.9 Å². The van der Waals surface area contributed by atoms with Crippen LogP contribution in [0.5, 0.6) is 0 Å². The number of benzene rings is 1. The van der Waals surface area contributed by atoms with Crippen molar-refractivity contribution in [3.63, 3.8) is 0 Å². The number of nitro benzene ring substituents is 1. The smallest absolute Gasteiger partial charge is 0.338 e. The molecule has 3 aromatic rings. The van der Waals surface area contributed by atoms with E-state index >= 15 is 0 Å². The minimum atomic E-state index is -0.716. The molecule has 10 nitrogen and oxygen atoms in total. The normalized spacial score (nSPS) is 16.3. The van der Waals surface area contributed by atoms with Crippen molar-refractivity contribution in [3.05, 3.63) is 61.0 Å². The highest BCUT2D eigenvalue weighted by Gasteiger charge is 2.25. The molecule has 4 rings (SSSR count). The summed E-state index contributed by atoms with van der Waals surface area (Å²) in [5, 5.41) is 16.6. The molecule has 0 spiro atoms. The fraction of sp³-hybridized carbons (Fsp3) is 0.429. The Morgan fingerprint density at radius 1 is 1.38 bits per heavy atom. The number of nitrogens with zero attached hydrogens (tertiary/aromatic N) is 5. The van der Waals surface area contributed by atoms with Crippen LogP contribution >= 0.6 is 11.3 Å². The molecule has 168 valence electrons. The number of hydrogen-bond acceptors (Lipinski definition) is 9. The summed E-state index contributed by atoms with van der Waals surface area (Å²) >= 11 is 1.30. The lowest BCUT2D eigenvalue weighted by Gasteiger charge is -2.32. The van der Waals surface area contributed by atoms with Crippen LogP contribution < -0.4 is 10.5 Å². The zero-order chi connectivity index (χ0) is 22.8. The molecule has 0 amide bonds. The molecule has 0 bridgehead atoms. The van der Waals surface area contributed by atoms with Gasteiger partial charge in [-0.05, 0) is 37.3 Å². The number of ether oxygens (including phenoxy) is 1. The van der Waals surface area contributed by atoms with Gasteiger partial charge in [-0.3, -0.25) is 14.9 Å². The van der Waals surface area contributed by atoms with Crippen LogP contribution in [0.2, 0.25) is 0 Å². The van der Waals surface area contributed by atoms with Crippen molar-refractivity contribution in [2.75, 3.05) is 18.0 Å². The van der Waals surface area contributed by atoms with Gasteiger partial charge in [-0.15, -0.1) is 0 Å². The number of hydrogen-bond donors (Lipinski definition) is 0. The van der Waals surface area contributed by atoms with Gasteiger partial charge in [0.15, 0.2) is 0 Å². The predicted octanol–water partition coefficient (Wildman–Crippen LogP) is 3.21. The highest BCUT2D eigenvalue weighted by Crippen LogP contribution is 2.32. The molecule has 11 heteroatoms. The van der Waals surface area contributed by atoms with E-state index in [2.05, 4.69) is 17.0 Å². The van der Waals surface area contributed by atoms with Crippen molar-refractivity contribution in [2.24, 2.45) is 5.92 Å². The summed E-state index contributed by atoms with van der Waals surface area (Å²) in [7, 11) is 0. The lowest BCUT2D eigenvalue weighted by atomic mass is 9.99. The van der Waals surface area contributed by atoms with Crippen LogP contribution in [-0.4, -0.2) is 38.6 Å². The number of anilines is 1. The quantitative estimate of drug-likeness (QED) is 0.314. The molecular formula is C21H23N5O5S. The van der Waals surface area contributed by atoms with Crippen molar-refractivity contribution in [2.45, 2.75) is 39.7 Å². The highest BCUT2D eigenvalue weighted by molar-refractivity contribution is 7.16. The van der Waals surface area contributed by atoms with Crippen molar-refractivity contribution in [1.82, 2.24) is 14.6 Å². The van der Waals surface area contributed by atoms with Crippen molar-refractivity contribution in [1.29, 1.82) is 0 Å². The third kappa shape index (κ3) is 4.47. The Hall–Kier alpha value is -3.34. The van der Waals surface area contributed by atoms with Crippen molar-refractivity contribution in [3.8, 4) is 0 Å². The molecule has 0 radical (unpaired) electrons. The molecule has 1 aliphatic heterocycles. The Morgan fingerprint density at radius 3 is 2.91 bits per heavy atom. The molecule has 1 unspecified atom stereocenters. The summed E-state index contributed by atoms with van der Waals surface area (Å²) in [6.07, 6.45) is 2.75. The van der Waals surface area contributed by atoms with Crippen molar-refractivity contribution >= 4 is 33.6 Å². The zero-order valence-corrected chi connectivity index (χ0v) is 18.6. The first-order chi connectivity index (χ1) is 15.4. The molecule has 0 aliphatic carbocycles. The largest absolute Gasteiger partial charge is 0.456 e. The van der Waals surface area contributed by atoms with Gasteiger partial charge < -0.3 is 9.64 Å². The summed E-state index contributed by atoms with van der Waals surface area (Å²) in [6, 6.07) is 5.65. The molecule has 2 aromatic heterocycles. The summed E-state index contributed by atoms with van der Waals surface area (Å²) in [5.74, 6) is -0.263. The second-order valence-corrected chi connectivity index (χ2v) is 8.90. The predicted molar refractivity (Wildman–Crippen MR) is 119 cm³/mol. The molecule has 1 atom stereocenters. The SMILES string of the molecule is CCc1nn2c(=O)cc(COC(=O)c3ccc(N4CCCC(C)C4)c([N+](=O)[O-])c3)nc2s1. The average molecular weight is 458 g/mol. The van der Waals surface area contributed by atoms with E-state index in [4.69, 9.17) is 4.74 Å². The Kier molecular flexibility index (Phi) is 6.17. The van der Waals surface area contributed by atoms with Crippen LogP contribution in [0.3, 0.4) is 0 Å². The first-order valence-corrected chi connectivity index (χ1v) is 11.3. The van der Waals surface area contributed by atoms with E-state index in [0.29, 0.717) is 28.7 Å². The first-order valence-electron chi connectivity index (χ1n) is 10.4. The zero-order valence-electron chi connectivity index (χ0n) is 17.8. The van der Waals surface area contributed by atoms with Gasteiger partial charge >= 0.3 is 5.97 Å². The average Bonchev–Trinajstić information content (AvgIpc) is 3.21. The molecular weight excluding hydrogens is 434 g/mol. The maximum Gasteiger partial charge on any atom is 0.338 e. The van der Waals surface area contributed by atoms with Gasteiger partial charge in [0.2, 0.25) is 4.96 Å². The molecule has 0 N–H and O–H groups in total. The van der Waals surface area contributed by atoms with Gasteiger partial charge in [0.1, 0.15) is 17.3 Å². The third-order valence-corrected chi connectivity index (χ3v) is 6.45. The van der Waals surface area contributed by atoms with E-state index in [0.717, 1.165) is 30.9 Å². The summed E-state index contributed by atoms with van der Waals surface area (Å²) < 4.78 is 6.51. The fourth-order valence-corrected chi connectivity index (χ4v) is 4.67. The molecule has 1 fully saturated rings. The van der Waals surface area contributed by atoms with Crippen LogP contribution in [0.4, 0.5) is 11.4 Å². The maximum absolute atomic E-state index is 12.6. The molecule has 32 heavy (non-hydrogen) atoms. The lowest BCUT2D eigenvalue weighted by Crippen LogP contribution is -2.34. The standard InChI is InChI=1S/C21H23N5O5S/c1-3-18-23-25-19(27)10-15(22-21(25)32-18)12-31-20(28)14-6-7-16(17(9-14)26(29)30)24-8-4-5-13(2)11-24/h6-7,9-10,13H,3-5,8,11-12H2,1-2H3. The Morgan fingerprint density at radius 2 is 2.19 bits per heavy atom. The van der Waals surface area contributed by atoms with Gasteiger partial charge in [0.05, 0.1) is 16.2 Å². The fourth-order valence-electron chi connectivity index (χ4n) is 3.81. The number of fused-ring (bicyclic) bond motifs is 1. The number of esters is 1. The van der Waals surface area contributed by atoms with E-state index in [-0.39, 0.29) is 23.4 Å². The minimum absolute atomic E-state index is 0.0781. The number of piperidine rings is 1. The molecule has 1 aromatic carbocycles. The summed E-state index contributed by atoms with van der Waals surface area (Å²) in [4.78, 5) is 42.7. The number of rotatable bonds is 6. The first kappa shape index (κ1) is 21.9. The number of aromatic nitrogens is 3. The third-order valence-electron chi connectivity index (χ3n) is 5.40. The van der Waals surface area contributed by atoms with Crippen LogP contribution in [-0.2, 0) is 17.8 Å². The monoisotopic (exact) mass is 457 g/mol. The summed E-state index contributed by atoms with van der Waals surface area (Å²) in [6.45, 7) is 5.32. The molecule has 1 saturated heterocycles. The Bertz CT molecular complexity index is 1240. The number of carbonyl (C=O) groups is 1.